The van der Waals surface area contributed by atoms with E-state index in [4.69, 9.17) is 9.47 Å². The van der Waals surface area contributed by atoms with Gasteiger partial charge in [0.25, 0.3) is 0 Å². The SMILES string of the molecule is COc1cc(OC)c([N+](=O)[O-])cc1/C=C1\Cc2ccccc2C1=O. The summed E-state index contributed by atoms with van der Waals surface area (Å²) in [6, 6.07) is 10.2. The summed E-state index contributed by atoms with van der Waals surface area (Å²) in [7, 11) is 2.82. The topological polar surface area (TPSA) is 78.7 Å². The van der Waals surface area contributed by atoms with Crippen molar-refractivity contribution in [3.8, 4) is 11.5 Å². The predicted octanol–water partition coefficient (Wildman–Crippen LogP) is 3.43. The minimum absolute atomic E-state index is 0.0638. The number of hydrogen-bond donors (Lipinski definition) is 0. The third-order valence-corrected chi connectivity index (χ3v) is 3.99. The molecule has 6 heteroatoms. The molecule has 0 heterocycles. The molecule has 24 heavy (non-hydrogen) atoms. The summed E-state index contributed by atoms with van der Waals surface area (Å²) in [6.45, 7) is 0. The molecule has 0 atom stereocenters. The molecule has 3 rings (SSSR count). The van der Waals surface area contributed by atoms with Crippen LogP contribution < -0.4 is 9.47 Å². The molecule has 0 unspecified atom stereocenters. The van der Waals surface area contributed by atoms with E-state index in [-0.39, 0.29) is 17.2 Å². The second kappa shape index (κ2) is 6.16. The van der Waals surface area contributed by atoms with Crippen molar-refractivity contribution in [3.63, 3.8) is 0 Å². The van der Waals surface area contributed by atoms with Gasteiger partial charge in [0.2, 0.25) is 5.75 Å². The van der Waals surface area contributed by atoms with Crippen LogP contribution in [0.15, 0.2) is 42.0 Å². The molecule has 0 radical (unpaired) electrons. The molecule has 0 N–H and O–H groups in total. The maximum Gasteiger partial charge on any atom is 0.311 e. The summed E-state index contributed by atoms with van der Waals surface area (Å²) in [6.07, 6.45) is 2.14. The molecule has 1 aliphatic rings. The second-order valence-corrected chi connectivity index (χ2v) is 5.36. The minimum Gasteiger partial charge on any atom is -0.496 e. The Balaban J connectivity index is 2.09. The average Bonchev–Trinajstić information content (AvgIpc) is 2.90. The van der Waals surface area contributed by atoms with E-state index < -0.39 is 4.92 Å². The quantitative estimate of drug-likeness (QED) is 0.489. The monoisotopic (exact) mass is 325 g/mol. The van der Waals surface area contributed by atoms with Crippen LogP contribution in [0.5, 0.6) is 11.5 Å². The van der Waals surface area contributed by atoms with Crippen LogP contribution in [0.2, 0.25) is 0 Å². The summed E-state index contributed by atoms with van der Waals surface area (Å²) in [5.41, 5.74) is 2.50. The fourth-order valence-electron chi connectivity index (χ4n) is 2.82. The van der Waals surface area contributed by atoms with Gasteiger partial charge in [-0.2, -0.15) is 0 Å². The highest BCUT2D eigenvalue weighted by Crippen LogP contribution is 2.37. The van der Waals surface area contributed by atoms with Crippen LogP contribution in [0.3, 0.4) is 0 Å². The minimum atomic E-state index is -0.522. The Hall–Kier alpha value is -3.15. The van der Waals surface area contributed by atoms with Gasteiger partial charge in [0, 0.05) is 35.3 Å². The number of benzene rings is 2. The van der Waals surface area contributed by atoms with E-state index in [1.807, 2.05) is 18.2 Å². The highest BCUT2D eigenvalue weighted by Gasteiger charge is 2.25. The average molecular weight is 325 g/mol. The van der Waals surface area contributed by atoms with E-state index in [0.29, 0.717) is 28.9 Å². The Morgan fingerprint density at radius 1 is 1.12 bits per heavy atom. The molecule has 0 amide bonds. The number of nitro groups is 1. The molecular formula is C18H15NO5. The van der Waals surface area contributed by atoms with Crippen LogP contribution in [-0.4, -0.2) is 24.9 Å². The molecule has 0 bridgehead atoms. The van der Waals surface area contributed by atoms with Crippen LogP contribution in [-0.2, 0) is 6.42 Å². The lowest BCUT2D eigenvalue weighted by molar-refractivity contribution is -0.385. The number of carbonyl (C=O) groups excluding carboxylic acids is 1. The first-order valence-electron chi connectivity index (χ1n) is 7.28. The van der Waals surface area contributed by atoms with Crippen molar-refractivity contribution in [1.82, 2.24) is 0 Å². The van der Waals surface area contributed by atoms with E-state index >= 15 is 0 Å². The summed E-state index contributed by atoms with van der Waals surface area (Å²) in [5, 5.41) is 11.2. The van der Waals surface area contributed by atoms with Gasteiger partial charge < -0.3 is 9.47 Å². The Labute approximate surface area is 138 Å². The molecule has 0 saturated heterocycles. The zero-order valence-electron chi connectivity index (χ0n) is 13.2. The molecular weight excluding hydrogens is 310 g/mol. The number of Topliss-reactive ketones (excluding diaryl/α,β-unsaturated/α-hetero) is 1. The first-order chi connectivity index (χ1) is 11.5. The van der Waals surface area contributed by atoms with Crippen molar-refractivity contribution in [2.24, 2.45) is 0 Å². The zero-order chi connectivity index (χ0) is 17.3. The first-order valence-corrected chi connectivity index (χ1v) is 7.28. The molecule has 1 aliphatic carbocycles. The zero-order valence-corrected chi connectivity index (χ0v) is 13.2. The molecule has 122 valence electrons. The van der Waals surface area contributed by atoms with Gasteiger partial charge in [-0.1, -0.05) is 24.3 Å². The van der Waals surface area contributed by atoms with E-state index in [1.165, 1.54) is 26.4 Å². The van der Waals surface area contributed by atoms with Crippen LogP contribution in [0.25, 0.3) is 6.08 Å². The van der Waals surface area contributed by atoms with Gasteiger partial charge in [0.1, 0.15) is 5.75 Å². The van der Waals surface area contributed by atoms with Crippen molar-refractivity contribution in [1.29, 1.82) is 0 Å². The van der Waals surface area contributed by atoms with Crippen molar-refractivity contribution < 1.29 is 19.2 Å². The Bertz CT molecular complexity index is 870. The number of ketones is 1. The van der Waals surface area contributed by atoms with Crippen molar-refractivity contribution >= 4 is 17.5 Å². The van der Waals surface area contributed by atoms with Gasteiger partial charge in [-0.25, -0.2) is 0 Å². The number of rotatable bonds is 4. The summed E-state index contributed by atoms with van der Waals surface area (Å²) < 4.78 is 10.3. The molecule has 2 aromatic rings. The highest BCUT2D eigenvalue weighted by atomic mass is 16.6. The third-order valence-electron chi connectivity index (χ3n) is 3.99. The van der Waals surface area contributed by atoms with E-state index in [1.54, 1.807) is 12.1 Å². The number of nitrogens with zero attached hydrogens (tertiary/aromatic N) is 1. The van der Waals surface area contributed by atoms with Gasteiger partial charge in [-0.3, -0.25) is 14.9 Å². The van der Waals surface area contributed by atoms with Gasteiger partial charge in [0.05, 0.1) is 19.1 Å². The van der Waals surface area contributed by atoms with Crippen LogP contribution in [0.4, 0.5) is 5.69 Å². The van der Waals surface area contributed by atoms with E-state index in [2.05, 4.69) is 0 Å². The number of allylic oxidation sites excluding steroid dienone is 1. The number of nitro benzene ring substituents is 1. The normalized spacial score (nSPS) is 14.6. The Morgan fingerprint density at radius 2 is 1.83 bits per heavy atom. The number of carbonyl (C=O) groups is 1. The standard InChI is InChI=1S/C18H15NO5/c1-23-16-10-17(24-2)15(19(21)22)9-12(16)8-13-7-11-5-3-4-6-14(11)18(13)20/h3-6,8-10H,7H2,1-2H3/b13-8+. The molecule has 0 saturated carbocycles. The fraction of sp³-hybridized carbons (Fsp3) is 0.167. The third kappa shape index (κ3) is 2.62. The van der Waals surface area contributed by atoms with Crippen LogP contribution >= 0.6 is 0 Å². The number of fused-ring (bicyclic) bond motifs is 1. The van der Waals surface area contributed by atoms with Gasteiger partial charge in [-0.05, 0) is 11.6 Å². The molecule has 0 aromatic heterocycles. The molecule has 0 fully saturated rings. The van der Waals surface area contributed by atoms with Crippen molar-refractivity contribution in [2.45, 2.75) is 6.42 Å². The van der Waals surface area contributed by atoms with Gasteiger partial charge >= 0.3 is 5.69 Å². The smallest absolute Gasteiger partial charge is 0.311 e. The van der Waals surface area contributed by atoms with Crippen LogP contribution in [0, 0.1) is 10.1 Å². The molecule has 0 spiro atoms. The molecule has 6 nitrogen and oxygen atoms in total. The fourth-order valence-corrected chi connectivity index (χ4v) is 2.82. The first kappa shape index (κ1) is 15.7. The molecule has 2 aromatic carbocycles. The summed E-state index contributed by atoms with van der Waals surface area (Å²) >= 11 is 0. The lowest BCUT2D eigenvalue weighted by Gasteiger charge is -2.09. The largest absolute Gasteiger partial charge is 0.496 e. The predicted molar refractivity (Wildman–Crippen MR) is 88.7 cm³/mol. The number of hydrogen-bond acceptors (Lipinski definition) is 5. The summed E-state index contributed by atoms with van der Waals surface area (Å²) in [4.78, 5) is 23.2. The lowest BCUT2D eigenvalue weighted by Crippen LogP contribution is -1.99. The Kier molecular flexibility index (Phi) is 4.04. The Morgan fingerprint density at radius 3 is 2.46 bits per heavy atom. The van der Waals surface area contributed by atoms with Gasteiger partial charge in [0.15, 0.2) is 5.78 Å². The van der Waals surface area contributed by atoms with E-state index in [9.17, 15) is 14.9 Å². The van der Waals surface area contributed by atoms with Crippen molar-refractivity contribution in [3.05, 3.63) is 68.8 Å². The maximum absolute atomic E-state index is 12.5. The highest BCUT2D eigenvalue weighted by molar-refractivity contribution is 6.15. The van der Waals surface area contributed by atoms with E-state index in [0.717, 1.165) is 5.56 Å². The maximum atomic E-state index is 12.5. The number of ether oxygens (including phenoxy) is 2. The second-order valence-electron chi connectivity index (χ2n) is 5.36. The van der Waals surface area contributed by atoms with Crippen LogP contribution in [0.1, 0.15) is 21.5 Å². The van der Waals surface area contributed by atoms with Gasteiger partial charge in [-0.15, -0.1) is 0 Å². The summed E-state index contributed by atoms with van der Waals surface area (Å²) in [5.74, 6) is 0.458. The lowest BCUT2D eigenvalue weighted by atomic mass is 10.1. The molecule has 0 aliphatic heterocycles. The van der Waals surface area contributed by atoms with Crippen molar-refractivity contribution in [2.75, 3.05) is 14.2 Å². The number of methoxy groups -OCH3 is 2.